The number of hydrogen-bond acceptors (Lipinski definition) is 6. The van der Waals surface area contributed by atoms with Crippen molar-refractivity contribution in [3.63, 3.8) is 0 Å². The van der Waals surface area contributed by atoms with Gasteiger partial charge in [0, 0.05) is 25.4 Å². The molecule has 4 aromatic rings. The van der Waals surface area contributed by atoms with E-state index in [0.29, 0.717) is 30.1 Å². The summed E-state index contributed by atoms with van der Waals surface area (Å²) < 4.78 is 7.26. The minimum atomic E-state index is -0.218. The van der Waals surface area contributed by atoms with Crippen molar-refractivity contribution in [2.75, 3.05) is 19.0 Å². The molecule has 0 atom stereocenters. The fraction of sp³-hybridized carbons (Fsp3) is 0.143. The van der Waals surface area contributed by atoms with Crippen LogP contribution in [-0.4, -0.2) is 39.1 Å². The standard InChI is InChI=1S/C21H20N6O2/c1-29-17-9-3-2-8-16(17)24-20-15(7-6-12-22-20)21(28)23-13-11-19-26-25-18-10-4-5-14-27(18)19/h2-10,12,14H,11,13H2,1H3,(H,22,24)(H,23,28). The van der Waals surface area contributed by atoms with Gasteiger partial charge in [-0.3, -0.25) is 9.20 Å². The van der Waals surface area contributed by atoms with E-state index < -0.39 is 0 Å². The Morgan fingerprint density at radius 1 is 1.07 bits per heavy atom. The Labute approximate surface area is 167 Å². The SMILES string of the molecule is COc1ccccc1Nc1ncccc1C(=O)NCCc1nnc2ccccn12. The molecule has 0 aliphatic carbocycles. The monoisotopic (exact) mass is 388 g/mol. The smallest absolute Gasteiger partial charge is 0.255 e. The van der Waals surface area contributed by atoms with Crippen LogP contribution in [0.25, 0.3) is 5.65 Å². The lowest BCUT2D eigenvalue weighted by Gasteiger charge is -2.13. The molecule has 8 heteroatoms. The Hall–Kier alpha value is -3.94. The van der Waals surface area contributed by atoms with Gasteiger partial charge in [0.2, 0.25) is 0 Å². The molecule has 146 valence electrons. The number of para-hydroxylation sites is 2. The van der Waals surface area contributed by atoms with Crippen molar-refractivity contribution in [3.05, 3.63) is 78.4 Å². The average molecular weight is 388 g/mol. The molecule has 4 rings (SSSR count). The van der Waals surface area contributed by atoms with Crippen molar-refractivity contribution in [1.82, 2.24) is 24.9 Å². The number of ether oxygens (including phenoxy) is 1. The van der Waals surface area contributed by atoms with Crippen molar-refractivity contribution in [2.45, 2.75) is 6.42 Å². The lowest BCUT2D eigenvalue weighted by molar-refractivity contribution is 0.0954. The Morgan fingerprint density at radius 2 is 1.93 bits per heavy atom. The lowest BCUT2D eigenvalue weighted by atomic mass is 10.2. The molecule has 0 fully saturated rings. The van der Waals surface area contributed by atoms with Gasteiger partial charge < -0.3 is 15.4 Å². The van der Waals surface area contributed by atoms with Crippen molar-refractivity contribution in [2.24, 2.45) is 0 Å². The van der Waals surface area contributed by atoms with Gasteiger partial charge >= 0.3 is 0 Å². The summed E-state index contributed by atoms with van der Waals surface area (Å²) in [7, 11) is 1.60. The van der Waals surface area contributed by atoms with Crippen LogP contribution in [0.1, 0.15) is 16.2 Å². The van der Waals surface area contributed by atoms with E-state index in [-0.39, 0.29) is 5.91 Å². The topological polar surface area (TPSA) is 93.4 Å². The molecule has 0 radical (unpaired) electrons. The highest BCUT2D eigenvalue weighted by Gasteiger charge is 2.14. The Kier molecular flexibility index (Phi) is 5.33. The second-order valence-corrected chi connectivity index (χ2v) is 6.28. The molecule has 0 bridgehead atoms. The highest BCUT2D eigenvalue weighted by Crippen LogP contribution is 2.27. The van der Waals surface area contributed by atoms with Gasteiger partial charge in [-0.25, -0.2) is 4.98 Å². The largest absolute Gasteiger partial charge is 0.495 e. The summed E-state index contributed by atoms with van der Waals surface area (Å²) in [6.45, 7) is 0.428. The van der Waals surface area contributed by atoms with E-state index in [1.54, 1.807) is 25.4 Å². The highest BCUT2D eigenvalue weighted by atomic mass is 16.5. The van der Waals surface area contributed by atoms with Crippen molar-refractivity contribution >= 4 is 23.1 Å². The summed E-state index contributed by atoms with van der Waals surface area (Å²) in [5, 5.41) is 14.4. The minimum absolute atomic E-state index is 0.218. The zero-order chi connectivity index (χ0) is 20.1. The van der Waals surface area contributed by atoms with Gasteiger partial charge in [0.25, 0.3) is 5.91 Å². The molecular weight excluding hydrogens is 368 g/mol. The molecule has 0 saturated carbocycles. The molecule has 0 aliphatic rings. The van der Waals surface area contributed by atoms with Crippen LogP contribution in [0.15, 0.2) is 67.0 Å². The number of pyridine rings is 2. The Morgan fingerprint density at radius 3 is 2.83 bits per heavy atom. The summed E-state index contributed by atoms with van der Waals surface area (Å²) in [6, 6.07) is 16.7. The first kappa shape index (κ1) is 18.4. The Bertz CT molecular complexity index is 1140. The first-order valence-corrected chi connectivity index (χ1v) is 9.18. The zero-order valence-electron chi connectivity index (χ0n) is 15.9. The molecule has 3 aromatic heterocycles. The number of carbonyl (C=O) groups excluding carboxylic acids is 1. The van der Waals surface area contributed by atoms with E-state index in [4.69, 9.17) is 4.74 Å². The first-order chi connectivity index (χ1) is 14.3. The minimum Gasteiger partial charge on any atom is -0.495 e. The number of anilines is 2. The van der Waals surface area contributed by atoms with Gasteiger partial charge in [0.15, 0.2) is 5.65 Å². The van der Waals surface area contributed by atoms with Crippen molar-refractivity contribution in [1.29, 1.82) is 0 Å². The number of carbonyl (C=O) groups is 1. The average Bonchev–Trinajstić information content (AvgIpc) is 3.17. The fourth-order valence-electron chi connectivity index (χ4n) is 3.01. The summed E-state index contributed by atoms with van der Waals surface area (Å²) >= 11 is 0. The maximum Gasteiger partial charge on any atom is 0.255 e. The van der Waals surface area contributed by atoms with Crippen LogP contribution in [-0.2, 0) is 6.42 Å². The Balaban J connectivity index is 1.45. The lowest BCUT2D eigenvalue weighted by Crippen LogP contribution is -2.27. The molecule has 8 nitrogen and oxygen atoms in total. The van der Waals surface area contributed by atoms with Crippen molar-refractivity contribution < 1.29 is 9.53 Å². The molecule has 0 aliphatic heterocycles. The molecular formula is C21H20N6O2. The molecule has 1 amide bonds. The fourth-order valence-corrected chi connectivity index (χ4v) is 3.01. The van der Waals surface area contributed by atoms with Crippen LogP contribution in [0.4, 0.5) is 11.5 Å². The van der Waals surface area contributed by atoms with Gasteiger partial charge in [-0.1, -0.05) is 18.2 Å². The van der Waals surface area contributed by atoms with Crippen LogP contribution in [0.5, 0.6) is 5.75 Å². The van der Waals surface area contributed by atoms with Crippen LogP contribution in [0, 0.1) is 0 Å². The summed E-state index contributed by atoms with van der Waals surface area (Å²) in [5.41, 5.74) is 1.96. The third-order valence-corrected chi connectivity index (χ3v) is 4.43. The van der Waals surface area contributed by atoms with Crippen LogP contribution in [0.2, 0.25) is 0 Å². The quantitative estimate of drug-likeness (QED) is 0.506. The molecule has 3 heterocycles. The van der Waals surface area contributed by atoms with Crippen molar-refractivity contribution in [3.8, 4) is 5.75 Å². The van der Waals surface area contributed by atoms with Crippen LogP contribution < -0.4 is 15.4 Å². The predicted octanol–water partition coefficient (Wildman–Crippen LogP) is 2.85. The van der Waals surface area contributed by atoms with Gasteiger partial charge in [-0.05, 0) is 36.4 Å². The van der Waals surface area contributed by atoms with Gasteiger partial charge in [0.1, 0.15) is 17.4 Å². The number of benzene rings is 1. The maximum absolute atomic E-state index is 12.7. The number of methoxy groups -OCH3 is 1. The van der Waals surface area contributed by atoms with E-state index in [1.165, 1.54) is 0 Å². The number of fused-ring (bicyclic) bond motifs is 1. The second-order valence-electron chi connectivity index (χ2n) is 6.28. The van der Waals surface area contributed by atoms with E-state index in [2.05, 4.69) is 25.8 Å². The predicted molar refractivity (Wildman–Crippen MR) is 110 cm³/mol. The molecule has 0 saturated heterocycles. The highest BCUT2D eigenvalue weighted by molar-refractivity contribution is 5.99. The van der Waals surface area contributed by atoms with Crippen LogP contribution >= 0.6 is 0 Å². The second kappa shape index (κ2) is 8.39. The zero-order valence-corrected chi connectivity index (χ0v) is 15.9. The first-order valence-electron chi connectivity index (χ1n) is 9.18. The van der Waals surface area contributed by atoms with E-state index in [0.717, 1.165) is 17.2 Å². The number of rotatable bonds is 7. The third kappa shape index (κ3) is 4.01. The maximum atomic E-state index is 12.7. The summed E-state index contributed by atoms with van der Waals surface area (Å²) in [4.78, 5) is 17.1. The summed E-state index contributed by atoms with van der Waals surface area (Å²) in [5.74, 6) is 1.70. The molecule has 29 heavy (non-hydrogen) atoms. The number of amides is 1. The van der Waals surface area contributed by atoms with E-state index in [1.807, 2.05) is 53.1 Å². The molecule has 1 aromatic carbocycles. The molecule has 0 unspecified atom stereocenters. The normalized spacial score (nSPS) is 10.7. The third-order valence-electron chi connectivity index (χ3n) is 4.43. The summed E-state index contributed by atoms with van der Waals surface area (Å²) in [6.07, 6.45) is 4.10. The van der Waals surface area contributed by atoms with E-state index in [9.17, 15) is 4.79 Å². The number of nitrogens with one attached hydrogen (secondary N) is 2. The van der Waals surface area contributed by atoms with Crippen LogP contribution in [0.3, 0.4) is 0 Å². The molecule has 0 spiro atoms. The number of hydrogen-bond donors (Lipinski definition) is 2. The van der Waals surface area contributed by atoms with Gasteiger partial charge in [-0.2, -0.15) is 0 Å². The van der Waals surface area contributed by atoms with Gasteiger partial charge in [0.05, 0.1) is 18.4 Å². The molecule has 2 N–H and O–H groups in total. The number of nitrogens with zero attached hydrogens (tertiary/aromatic N) is 4. The number of aromatic nitrogens is 4. The van der Waals surface area contributed by atoms with Gasteiger partial charge in [-0.15, -0.1) is 10.2 Å². The van der Waals surface area contributed by atoms with E-state index >= 15 is 0 Å².